The number of ether oxygens (including phenoxy) is 1. The lowest BCUT2D eigenvalue weighted by molar-refractivity contribution is 0.101. The molecule has 1 aliphatic heterocycles. The SMILES string of the molecule is CCc1ccc(NC(=O)c2noc3c2COc2ccccc2-3)cc1. The second-order valence-corrected chi connectivity index (χ2v) is 5.63. The van der Waals surface area contributed by atoms with Gasteiger partial charge in [0, 0.05) is 5.69 Å². The zero-order valence-electron chi connectivity index (χ0n) is 13.2. The van der Waals surface area contributed by atoms with Crippen molar-refractivity contribution in [3.8, 4) is 17.1 Å². The average molecular weight is 320 g/mol. The van der Waals surface area contributed by atoms with Gasteiger partial charge in [0.25, 0.3) is 5.91 Å². The monoisotopic (exact) mass is 320 g/mol. The standard InChI is InChI=1S/C19H16N2O3/c1-2-12-7-9-13(10-8-12)20-19(22)17-15-11-23-16-6-4-3-5-14(16)18(15)24-21-17/h3-10H,2,11H2,1H3,(H,20,22). The fraction of sp³-hybridized carbons (Fsp3) is 0.158. The highest BCUT2D eigenvalue weighted by molar-refractivity contribution is 6.04. The number of amides is 1. The molecule has 5 heteroatoms. The van der Waals surface area contributed by atoms with Crippen LogP contribution in [0.1, 0.15) is 28.5 Å². The molecule has 5 nitrogen and oxygen atoms in total. The fourth-order valence-corrected chi connectivity index (χ4v) is 2.78. The van der Waals surface area contributed by atoms with Crippen molar-refractivity contribution in [2.24, 2.45) is 0 Å². The van der Waals surface area contributed by atoms with Crippen molar-refractivity contribution in [1.29, 1.82) is 0 Å². The number of hydrogen-bond donors (Lipinski definition) is 1. The molecule has 0 aliphatic carbocycles. The number of anilines is 1. The number of fused-ring (bicyclic) bond motifs is 3. The quantitative estimate of drug-likeness (QED) is 0.791. The van der Waals surface area contributed by atoms with Crippen LogP contribution >= 0.6 is 0 Å². The molecule has 0 saturated heterocycles. The van der Waals surface area contributed by atoms with E-state index in [1.807, 2.05) is 48.5 Å². The summed E-state index contributed by atoms with van der Waals surface area (Å²) in [5, 5.41) is 6.81. The number of carbonyl (C=O) groups is 1. The van der Waals surface area contributed by atoms with Crippen LogP contribution in [0.15, 0.2) is 53.1 Å². The van der Waals surface area contributed by atoms with Crippen molar-refractivity contribution in [3.63, 3.8) is 0 Å². The first kappa shape index (κ1) is 14.5. The zero-order chi connectivity index (χ0) is 16.5. The summed E-state index contributed by atoms with van der Waals surface area (Å²) in [5.74, 6) is 1.04. The third-order valence-corrected chi connectivity index (χ3v) is 4.13. The van der Waals surface area contributed by atoms with E-state index in [-0.39, 0.29) is 18.2 Å². The highest BCUT2D eigenvalue weighted by Crippen LogP contribution is 2.38. The van der Waals surface area contributed by atoms with Crippen LogP contribution in [-0.4, -0.2) is 11.1 Å². The van der Waals surface area contributed by atoms with Gasteiger partial charge in [-0.2, -0.15) is 0 Å². The molecule has 1 N–H and O–H groups in total. The number of benzene rings is 2. The van der Waals surface area contributed by atoms with Crippen molar-refractivity contribution in [2.45, 2.75) is 20.0 Å². The predicted octanol–water partition coefficient (Wildman–Crippen LogP) is 4.05. The molecule has 4 rings (SSSR count). The summed E-state index contributed by atoms with van der Waals surface area (Å²) in [5.41, 5.74) is 3.70. The maximum Gasteiger partial charge on any atom is 0.278 e. The number of aryl methyl sites for hydroxylation is 1. The van der Waals surface area contributed by atoms with Gasteiger partial charge in [-0.3, -0.25) is 4.79 Å². The zero-order valence-corrected chi connectivity index (χ0v) is 13.2. The van der Waals surface area contributed by atoms with Crippen LogP contribution in [0.2, 0.25) is 0 Å². The minimum absolute atomic E-state index is 0.263. The maximum absolute atomic E-state index is 12.5. The normalized spacial score (nSPS) is 12.0. The first-order valence-electron chi connectivity index (χ1n) is 7.87. The molecular weight excluding hydrogens is 304 g/mol. The number of nitrogens with zero attached hydrogens (tertiary/aromatic N) is 1. The van der Waals surface area contributed by atoms with Crippen LogP contribution in [0.25, 0.3) is 11.3 Å². The molecule has 0 fully saturated rings. The van der Waals surface area contributed by atoms with E-state index in [9.17, 15) is 4.79 Å². The van der Waals surface area contributed by atoms with Crippen LogP contribution in [0.4, 0.5) is 5.69 Å². The highest BCUT2D eigenvalue weighted by atomic mass is 16.5. The second-order valence-electron chi connectivity index (χ2n) is 5.63. The van der Waals surface area contributed by atoms with Gasteiger partial charge in [-0.15, -0.1) is 0 Å². The Bertz CT molecular complexity index is 897. The van der Waals surface area contributed by atoms with Gasteiger partial charge in [-0.05, 0) is 36.2 Å². The van der Waals surface area contributed by atoms with Crippen LogP contribution in [0.3, 0.4) is 0 Å². The minimum atomic E-state index is -0.299. The molecule has 0 atom stereocenters. The Morgan fingerprint density at radius 1 is 1.17 bits per heavy atom. The Kier molecular flexibility index (Phi) is 3.54. The maximum atomic E-state index is 12.5. The van der Waals surface area contributed by atoms with Crippen LogP contribution in [0, 0.1) is 0 Å². The number of carbonyl (C=O) groups excluding carboxylic acids is 1. The number of hydrogen-bond acceptors (Lipinski definition) is 4. The van der Waals surface area contributed by atoms with Crippen molar-refractivity contribution in [1.82, 2.24) is 5.16 Å². The van der Waals surface area contributed by atoms with Crippen LogP contribution in [-0.2, 0) is 13.0 Å². The molecule has 0 spiro atoms. The lowest BCUT2D eigenvalue weighted by atomic mass is 10.0. The molecular formula is C19H16N2O3. The summed E-state index contributed by atoms with van der Waals surface area (Å²) in [6, 6.07) is 15.3. The molecule has 1 aromatic heterocycles. The fourth-order valence-electron chi connectivity index (χ4n) is 2.78. The Labute approximate surface area is 139 Å². The van der Waals surface area contributed by atoms with E-state index in [1.165, 1.54) is 5.56 Å². The van der Waals surface area contributed by atoms with Crippen LogP contribution < -0.4 is 10.1 Å². The smallest absolute Gasteiger partial charge is 0.278 e. The molecule has 0 bridgehead atoms. The van der Waals surface area contributed by atoms with Crippen LogP contribution in [0.5, 0.6) is 5.75 Å². The summed E-state index contributed by atoms with van der Waals surface area (Å²) >= 11 is 0. The third-order valence-electron chi connectivity index (χ3n) is 4.13. The van der Waals surface area contributed by atoms with Gasteiger partial charge in [-0.1, -0.05) is 36.3 Å². The molecule has 2 aromatic carbocycles. The molecule has 0 saturated carbocycles. The van der Waals surface area contributed by atoms with Gasteiger partial charge in [-0.25, -0.2) is 0 Å². The number of aromatic nitrogens is 1. The Morgan fingerprint density at radius 3 is 2.75 bits per heavy atom. The van der Waals surface area contributed by atoms with Crippen molar-refractivity contribution in [3.05, 3.63) is 65.4 Å². The summed E-state index contributed by atoms with van der Waals surface area (Å²) < 4.78 is 11.1. The number of para-hydroxylation sites is 1. The second kappa shape index (κ2) is 5.85. The first-order chi connectivity index (χ1) is 11.8. The highest BCUT2D eigenvalue weighted by Gasteiger charge is 2.28. The average Bonchev–Trinajstić information content (AvgIpc) is 3.07. The lowest BCUT2D eigenvalue weighted by Gasteiger charge is -2.15. The van der Waals surface area contributed by atoms with E-state index < -0.39 is 0 Å². The Morgan fingerprint density at radius 2 is 1.96 bits per heavy atom. The molecule has 3 aromatic rings. The van der Waals surface area contributed by atoms with E-state index in [2.05, 4.69) is 17.4 Å². The third kappa shape index (κ3) is 2.44. The molecule has 0 unspecified atom stereocenters. The van der Waals surface area contributed by atoms with E-state index in [1.54, 1.807) is 0 Å². The molecule has 0 radical (unpaired) electrons. The largest absolute Gasteiger partial charge is 0.488 e. The number of rotatable bonds is 3. The van der Waals surface area contributed by atoms with Crippen molar-refractivity contribution in [2.75, 3.05) is 5.32 Å². The molecule has 2 heterocycles. The molecule has 24 heavy (non-hydrogen) atoms. The van der Waals surface area contributed by atoms with Gasteiger partial charge in [0.05, 0.1) is 11.1 Å². The van der Waals surface area contributed by atoms with Gasteiger partial charge in [0.2, 0.25) is 0 Å². The van der Waals surface area contributed by atoms with Crippen molar-refractivity contribution < 1.29 is 14.1 Å². The molecule has 1 amide bonds. The predicted molar refractivity (Wildman–Crippen MR) is 90.0 cm³/mol. The minimum Gasteiger partial charge on any atom is -0.488 e. The first-order valence-corrected chi connectivity index (χ1v) is 7.87. The number of nitrogens with one attached hydrogen (secondary N) is 1. The topological polar surface area (TPSA) is 64.4 Å². The van der Waals surface area contributed by atoms with Gasteiger partial charge < -0.3 is 14.6 Å². The summed E-state index contributed by atoms with van der Waals surface area (Å²) in [6.07, 6.45) is 0.960. The summed E-state index contributed by atoms with van der Waals surface area (Å²) in [6.45, 7) is 2.36. The van der Waals surface area contributed by atoms with Gasteiger partial charge in [0.1, 0.15) is 12.4 Å². The van der Waals surface area contributed by atoms with E-state index in [0.717, 1.165) is 23.4 Å². The lowest BCUT2D eigenvalue weighted by Crippen LogP contribution is -2.16. The van der Waals surface area contributed by atoms with Gasteiger partial charge >= 0.3 is 0 Å². The Balaban J connectivity index is 1.62. The molecule has 1 aliphatic rings. The van der Waals surface area contributed by atoms with E-state index in [4.69, 9.17) is 9.26 Å². The molecule has 120 valence electrons. The summed E-state index contributed by atoms with van der Waals surface area (Å²) in [7, 11) is 0. The van der Waals surface area contributed by atoms with Crippen molar-refractivity contribution >= 4 is 11.6 Å². The van der Waals surface area contributed by atoms with E-state index in [0.29, 0.717) is 11.3 Å². The summed E-state index contributed by atoms with van der Waals surface area (Å²) in [4.78, 5) is 12.5. The van der Waals surface area contributed by atoms with E-state index >= 15 is 0 Å². The Hall–Kier alpha value is -3.08. The van der Waals surface area contributed by atoms with Gasteiger partial charge in [0.15, 0.2) is 11.5 Å².